The van der Waals surface area contributed by atoms with Gasteiger partial charge in [0.25, 0.3) is 0 Å². The van der Waals surface area contributed by atoms with Crippen LogP contribution in [0.5, 0.6) is 0 Å². The van der Waals surface area contributed by atoms with Gasteiger partial charge < -0.3 is 5.73 Å². The van der Waals surface area contributed by atoms with Gasteiger partial charge in [-0.2, -0.15) is 5.10 Å². The normalized spacial score (nSPS) is 14.5. The Morgan fingerprint density at radius 3 is 2.87 bits per heavy atom. The molecular weight excluding hydrogens is 286 g/mol. The molecule has 2 N–H and O–H groups in total. The lowest BCUT2D eigenvalue weighted by atomic mass is 10.0. The van der Waals surface area contributed by atoms with E-state index in [2.05, 4.69) is 29.1 Å². The molecule has 23 heavy (non-hydrogen) atoms. The van der Waals surface area contributed by atoms with Crippen LogP contribution in [-0.2, 0) is 20.1 Å². The molecule has 0 fully saturated rings. The van der Waals surface area contributed by atoms with Gasteiger partial charge in [-0.3, -0.25) is 14.6 Å². The van der Waals surface area contributed by atoms with Crippen molar-refractivity contribution in [2.24, 2.45) is 7.05 Å². The maximum atomic E-state index is 6.49. The van der Waals surface area contributed by atoms with Gasteiger partial charge in [0.15, 0.2) is 0 Å². The van der Waals surface area contributed by atoms with Gasteiger partial charge in [0.1, 0.15) is 0 Å². The number of hydrogen-bond donors (Lipinski definition) is 1. The van der Waals surface area contributed by atoms with Crippen molar-refractivity contribution in [2.45, 2.75) is 26.4 Å². The fraction of sp³-hybridized carbons (Fsp3) is 0.333. The number of benzene rings is 1. The number of nitrogen functional groups attached to an aromatic ring is 1. The number of nitrogens with zero attached hydrogens (tertiary/aromatic N) is 4. The van der Waals surface area contributed by atoms with E-state index >= 15 is 0 Å². The zero-order valence-corrected chi connectivity index (χ0v) is 13.6. The molecule has 0 amide bonds. The second-order valence-corrected chi connectivity index (χ2v) is 6.27. The second-order valence-electron chi connectivity index (χ2n) is 6.27. The average molecular weight is 307 g/mol. The molecule has 0 aliphatic carbocycles. The van der Waals surface area contributed by atoms with Crippen LogP contribution in [0, 0.1) is 0 Å². The molecule has 3 aromatic rings. The molecule has 0 bridgehead atoms. The number of nitrogens with two attached hydrogens (primary N) is 1. The van der Waals surface area contributed by atoms with Crippen LogP contribution in [0.25, 0.3) is 22.0 Å². The van der Waals surface area contributed by atoms with Crippen LogP contribution in [0.1, 0.15) is 24.6 Å². The Balaban J connectivity index is 1.90. The van der Waals surface area contributed by atoms with Crippen molar-refractivity contribution in [2.75, 3.05) is 12.3 Å². The standard InChI is InChI=1S/C18H21N5/c1-3-7-23-10-15-16(11-23)21-18-13(12-8-20-22(2)9-12)5-4-6-14(18)17(15)19/h4-6,8-9H,3,7,10-11H2,1-2H3,(H2,19,21). The maximum Gasteiger partial charge on any atom is 0.0806 e. The number of pyridine rings is 1. The Morgan fingerprint density at radius 1 is 1.26 bits per heavy atom. The second kappa shape index (κ2) is 5.35. The molecule has 5 heteroatoms. The van der Waals surface area contributed by atoms with Gasteiger partial charge in [0.2, 0.25) is 0 Å². The summed E-state index contributed by atoms with van der Waals surface area (Å²) in [6.07, 6.45) is 5.04. The van der Waals surface area contributed by atoms with Crippen molar-refractivity contribution in [3.05, 3.63) is 41.9 Å². The van der Waals surface area contributed by atoms with Crippen LogP contribution in [0.4, 0.5) is 5.69 Å². The van der Waals surface area contributed by atoms with E-state index in [0.29, 0.717) is 0 Å². The van der Waals surface area contributed by atoms with E-state index in [0.717, 1.165) is 59.5 Å². The SMILES string of the molecule is CCCN1Cc2nc3c(-c4cnn(C)c4)cccc3c(N)c2C1. The lowest BCUT2D eigenvalue weighted by molar-refractivity contribution is 0.283. The van der Waals surface area contributed by atoms with E-state index in [1.807, 2.05) is 30.2 Å². The minimum atomic E-state index is 0.884. The summed E-state index contributed by atoms with van der Waals surface area (Å²) < 4.78 is 1.81. The summed E-state index contributed by atoms with van der Waals surface area (Å²) in [5, 5.41) is 5.33. The number of para-hydroxylation sites is 1. The molecule has 1 aliphatic heterocycles. The summed E-state index contributed by atoms with van der Waals surface area (Å²) in [6, 6.07) is 6.21. The third-order valence-electron chi connectivity index (χ3n) is 4.56. The Labute approximate surface area is 135 Å². The highest BCUT2D eigenvalue weighted by atomic mass is 15.2. The smallest absolute Gasteiger partial charge is 0.0806 e. The van der Waals surface area contributed by atoms with Crippen LogP contribution in [0.15, 0.2) is 30.6 Å². The van der Waals surface area contributed by atoms with Crippen molar-refractivity contribution < 1.29 is 0 Å². The molecule has 3 heterocycles. The van der Waals surface area contributed by atoms with E-state index in [9.17, 15) is 0 Å². The molecule has 2 aromatic heterocycles. The largest absolute Gasteiger partial charge is 0.398 e. The summed E-state index contributed by atoms with van der Waals surface area (Å²) >= 11 is 0. The summed E-state index contributed by atoms with van der Waals surface area (Å²) in [4.78, 5) is 7.39. The van der Waals surface area contributed by atoms with E-state index in [1.54, 1.807) is 0 Å². The van der Waals surface area contributed by atoms with Crippen molar-refractivity contribution >= 4 is 16.6 Å². The molecule has 1 aliphatic rings. The highest BCUT2D eigenvalue weighted by Crippen LogP contribution is 2.36. The minimum Gasteiger partial charge on any atom is -0.398 e. The fourth-order valence-electron chi connectivity index (χ4n) is 3.47. The summed E-state index contributed by atoms with van der Waals surface area (Å²) in [6.45, 7) is 5.10. The summed E-state index contributed by atoms with van der Waals surface area (Å²) in [7, 11) is 1.93. The lowest BCUT2D eigenvalue weighted by Gasteiger charge is -2.12. The highest BCUT2D eigenvalue weighted by Gasteiger charge is 2.24. The zero-order valence-electron chi connectivity index (χ0n) is 13.6. The Morgan fingerprint density at radius 2 is 2.13 bits per heavy atom. The van der Waals surface area contributed by atoms with Crippen molar-refractivity contribution in [1.82, 2.24) is 19.7 Å². The third kappa shape index (κ3) is 2.28. The molecule has 0 atom stereocenters. The molecule has 0 saturated heterocycles. The molecule has 4 rings (SSSR count). The molecule has 1 aromatic carbocycles. The van der Waals surface area contributed by atoms with Gasteiger partial charge in [0, 0.05) is 54.1 Å². The molecular formula is C18H21N5. The van der Waals surface area contributed by atoms with E-state index < -0.39 is 0 Å². The van der Waals surface area contributed by atoms with Crippen LogP contribution >= 0.6 is 0 Å². The molecule has 5 nitrogen and oxygen atoms in total. The quantitative estimate of drug-likeness (QED) is 0.808. The third-order valence-corrected chi connectivity index (χ3v) is 4.56. The first-order chi connectivity index (χ1) is 11.2. The number of anilines is 1. The monoisotopic (exact) mass is 307 g/mol. The van der Waals surface area contributed by atoms with Gasteiger partial charge in [0.05, 0.1) is 17.4 Å². The van der Waals surface area contributed by atoms with Gasteiger partial charge >= 0.3 is 0 Å². The Kier molecular flexibility index (Phi) is 3.31. The predicted molar refractivity (Wildman–Crippen MR) is 92.8 cm³/mol. The minimum absolute atomic E-state index is 0.884. The number of aromatic nitrogens is 3. The summed E-state index contributed by atoms with van der Waals surface area (Å²) in [5.74, 6) is 0. The van der Waals surface area contributed by atoms with Gasteiger partial charge in [-0.1, -0.05) is 25.1 Å². The number of aryl methyl sites for hydroxylation is 1. The predicted octanol–water partition coefficient (Wildman–Crippen LogP) is 2.94. The van der Waals surface area contributed by atoms with Crippen LogP contribution in [0.2, 0.25) is 0 Å². The highest BCUT2D eigenvalue weighted by molar-refractivity contribution is 6.00. The molecule has 0 radical (unpaired) electrons. The number of hydrogen-bond acceptors (Lipinski definition) is 4. The number of fused-ring (bicyclic) bond motifs is 2. The fourth-order valence-corrected chi connectivity index (χ4v) is 3.47. The van der Waals surface area contributed by atoms with Gasteiger partial charge in [-0.25, -0.2) is 0 Å². The molecule has 118 valence electrons. The Bertz CT molecular complexity index is 880. The first-order valence-corrected chi connectivity index (χ1v) is 8.08. The average Bonchev–Trinajstić information content (AvgIpc) is 3.14. The lowest BCUT2D eigenvalue weighted by Crippen LogP contribution is -2.16. The first-order valence-electron chi connectivity index (χ1n) is 8.08. The topological polar surface area (TPSA) is 60.0 Å². The first kappa shape index (κ1) is 14.2. The van der Waals surface area contributed by atoms with Crippen molar-refractivity contribution in [3.63, 3.8) is 0 Å². The van der Waals surface area contributed by atoms with Crippen LogP contribution < -0.4 is 5.73 Å². The van der Waals surface area contributed by atoms with E-state index in [1.165, 1.54) is 5.56 Å². The van der Waals surface area contributed by atoms with Gasteiger partial charge in [-0.05, 0) is 13.0 Å². The van der Waals surface area contributed by atoms with Crippen molar-refractivity contribution in [1.29, 1.82) is 0 Å². The van der Waals surface area contributed by atoms with Gasteiger partial charge in [-0.15, -0.1) is 0 Å². The Hall–Kier alpha value is -2.40. The van der Waals surface area contributed by atoms with E-state index in [-0.39, 0.29) is 0 Å². The molecule has 0 spiro atoms. The van der Waals surface area contributed by atoms with Crippen LogP contribution in [-0.4, -0.2) is 26.2 Å². The zero-order chi connectivity index (χ0) is 16.0. The summed E-state index contributed by atoms with van der Waals surface area (Å²) in [5.41, 5.74) is 12.9. The number of rotatable bonds is 3. The molecule has 0 saturated carbocycles. The van der Waals surface area contributed by atoms with Crippen molar-refractivity contribution in [3.8, 4) is 11.1 Å². The molecule has 0 unspecified atom stereocenters. The maximum absolute atomic E-state index is 6.49. The van der Waals surface area contributed by atoms with Crippen LogP contribution in [0.3, 0.4) is 0 Å². The van der Waals surface area contributed by atoms with E-state index in [4.69, 9.17) is 10.7 Å².